The molecule has 1 aromatic carbocycles. The Morgan fingerprint density at radius 3 is 2.67 bits per heavy atom. The molecule has 3 aromatic rings. The minimum Gasteiger partial charge on any atom is -0.374 e. The Kier molecular flexibility index (Phi) is 3.48. The normalized spacial score (nSPS) is 21.1. The third-order valence-corrected chi connectivity index (χ3v) is 5.23. The van der Waals surface area contributed by atoms with Crippen LogP contribution in [0.5, 0.6) is 0 Å². The summed E-state index contributed by atoms with van der Waals surface area (Å²) in [7, 11) is 0. The van der Waals surface area contributed by atoms with Crippen molar-refractivity contribution in [3.63, 3.8) is 0 Å². The van der Waals surface area contributed by atoms with E-state index in [9.17, 15) is 9.59 Å². The maximum Gasteiger partial charge on any atom is 0.254 e. The van der Waals surface area contributed by atoms with Crippen LogP contribution < -0.4 is 5.73 Å². The molecule has 27 heavy (non-hydrogen) atoms. The molecule has 2 amide bonds. The van der Waals surface area contributed by atoms with E-state index in [0.717, 1.165) is 17.7 Å². The van der Waals surface area contributed by atoms with Crippen LogP contribution >= 0.6 is 0 Å². The summed E-state index contributed by atoms with van der Waals surface area (Å²) in [6, 6.07) is 10.9. The van der Waals surface area contributed by atoms with Gasteiger partial charge < -0.3 is 15.4 Å². The Morgan fingerprint density at radius 2 is 2.00 bits per heavy atom. The number of amides is 2. The molecule has 2 atom stereocenters. The molecule has 0 unspecified atom stereocenters. The number of carbonyl (C=O) groups excluding carboxylic acids is 2. The van der Waals surface area contributed by atoms with Crippen LogP contribution in [0.15, 0.2) is 36.4 Å². The summed E-state index contributed by atoms with van der Waals surface area (Å²) in [6.07, 6.45) is 3.61. The van der Waals surface area contributed by atoms with Crippen LogP contribution in [0.25, 0.3) is 16.9 Å². The van der Waals surface area contributed by atoms with Crippen molar-refractivity contribution < 1.29 is 14.3 Å². The van der Waals surface area contributed by atoms with E-state index in [0.29, 0.717) is 24.4 Å². The van der Waals surface area contributed by atoms with Gasteiger partial charge in [0.25, 0.3) is 11.8 Å². The van der Waals surface area contributed by atoms with Gasteiger partial charge >= 0.3 is 0 Å². The summed E-state index contributed by atoms with van der Waals surface area (Å²) < 4.78 is 7.08. The van der Waals surface area contributed by atoms with Crippen molar-refractivity contribution >= 4 is 17.5 Å². The predicted octanol–water partition coefficient (Wildman–Crippen LogP) is 0.909. The highest BCUT2D eigenvalue weighted by atomic mass is 16.5. The molecule has 2 N–H and O–H groups in total. The molecule has 2 aromatic heterocycles. The van der Waals surface area contributed by atoms with E-state index in [1.165, 1.54) is 4.52 Å². The molecule has 2 aliphatic rings. The molecule has 2 saturated heterocycles. The second kappa shape index (κ2) is 5.88. The highest BCUT2D eigenvalue weighted by Crippen LogP contribution is 2.29. The van der Waals surface area contributed by atoms with Crippen LogP contribution in [-0.2, 0) is 4.74 Å². The smallest absolute Gasteiger partial charge is 0.254 e. The molecular weight excluding hydrogens is 346 g/mol. The second-order valence-corrected chi connectivity index (χ2v) is 6.82. The van der Waals surface area contributed by atoms with Gasteiger partial charge in [-0.1, -0.05) is 12.1 Å². The van der Waals surface area contributed by atoms with Gasteiger partial charge in [-0.2, -0.15) is 0 Å². The van der Waals surface area contributed by atoms with Crippen LogP contribution in [0.2, 0.25) is 0 Å². The number of primary amides is 1. The molecule has 135 valence electrons. The van der Waals surface area contributed by atoms with Crippen molar-refractivity contribution in [2.45, 2.75) is 18.6 Å². The first-order valence-corrected chi connectivity index (χ1v) is 8.70. The number of likely N-dealkylation sites (tertiary alicyclic amines) is 1. The van der Waals surface area contributed by atoms with Crippen molar-refractivity contribution in [3.05, 3.63) is 53.9 Å². The summed E-state index contributed by atoms with van der Waals surface area (Å²) in [6.45, 7) is 1.29. The summed E-state index contributed by atoms with van der Waals surface area (Å²) in [5.74, 6) is -0.543. The summed E-state index contributed by atoms with van der Waals surface area (Å²) in [5, 5.41) is 4.07. The van der Waals surface area contributed by atoms with Crippen LogP contribution in [0, 0.1) is 6.33 Å². The molecule has 8 heteroatoms. The first-order chi connectivity index (χ1) is 13.1. The molecule has 4 heterocycles. The average molecular weight is 362 g/mol. The number of pyridine rings is 1. The lowest BCUT2D eigenvalue weighted by Gasteiger charge is -2.27. The number of nitrogens with zero attached hydrogens (tertiary/aromatic N) is 4. The van der Waals surface area contributed by atoms with E-state index < -0.39 is 5.91 Å². The van der Waals surface area contributed by atoms with E-state index >= 15 is 0 Å². The van der Waals surface area contributed by atoms with E-state index in [4.69, 9.17) is 10.5 Å². The topological polar surface area (TPSA) is 103 Å². The van der Waals surface area contributed by atoms with E-state index in [-0.39, 0.29) is 23.6 Å². The fourth-order valence-corrected chi connectivity index (χ4v) is 3.87. The first kappa shape index (κ1) is 16.0. The first-order valence-electron chi connectivity index (χ1n) is 8.70. The number of hydrogen-bond acceptors (Lipinski definition) is 5. The maximum atomic E-state index is 12.8. The number of fused-ring (bicyclic) bond motifs is 3. The molecule has 2 bridgehead atoms. The summed E-state index contributed by atoms with van der Waals surface area (Å²) in [5.41, 5.74) is 8.24. The number of aromatic nitrogens is 3. The lowest BCUT2D eigenvalue weighted by molar-refractivity contribution is 0.0259. The monoisotopic (exact) mass is 362 g/mol. The Morgan fingerprint density at radius 1 is 1.19 bits per heavy atom. The largest absolute Gasteiger partial charge is 0.374 e. The van der Waals surface area contributed by atoms with Crippen molar-refractivity contribution in [2.24, 2.45) is 5.73 Å². The zero-order chi connectivity index (χ0) is 18.5. The highest BCUT2D eigenvalue weighted by molar-refractivity contribution is 5.99. The molecule has 2 aliphatic heterocycles. The number of nitrogens with two attached hydrogens (primary N) is 1. The lowest BCUT2D eigenvalue weighted by atomic mass is 10.1. The Balaban J connectivity index is 1.47. The van der Waals surface area contributed by atoms with Crippen molar-refractivity contribution in [2.75, 3.05) is 13.2 Å². The predicted molar refractivity (Wildman–Crippen MR) is 95.0 cm³/mol. The van der Waals surface area contributed by atoms with Gasteiger partial charge in [-0.3, -0.25) is 9.59 Å². The molecular formula is C19H16N5O3. The quantitative estimate of drug-likeness (QED) is 0.746. The van der Waals surface area contributed by atoms with Crippen molar-refractivity contribution in [3.8, 4) is 11.3 Å². The number of benzene rings is 1. The minimum absolute atomic E-state index is 0.0284. The van der Waals surface area contributed by atoms with Crippen molar-refractivity contribution in [1.82, 2.24) is 19.5 Å². The Bertz CT molecular complexity index is 1060. The van der Waals surface area contributed by atoms with Gasteiger partial charge in [-0.15, -0.1) is 5.10 Å². The third-order valence-electron chi connectivity index (χ3n) is 5.23. The van der Waals surface area contributed by atoms with Crippen LogP contribution in [-0.4, -0.2) is 56.6 Å². The molecule has 0 saturated carbocycles. The summed E-state index contributed by atoms with van der Waals surface area (Å²) in [4.78, 5) is 30.2. The van der Waals surface area contributed by atoms with Crippen molar-refractivity contribution in [1.29, 1.82) is 0 Å². The average Bonchev–Trinajstić information content (AvgIpc) is 3.43. The minimum atomic E-state index is -0.571. The third kappa shape index (κ3) is 2.48. The number of carbonyl (C=O) groups is 2. The van der Waals surface area contributed by atoms with Gasteiger partial charge in [-0.05, 0) is 30.7 Å². The second-order valence-electron chi connectivity index (χ2n) is 6.82. The molecule has 2 fully saturated rings. The van der Waals surface area contributed by atoms with Gasteiger partial charge in [0, 0.05) is 17.7 Å². The number of morpholine rings is 1. The lowest BCUT2D eigenvalue weighted by Crippen LogP contribution is -2.41. The number of hydrogen-bond donors (Lipinski definition) is 1. The number of rotatable bonds is 3. The fraction of sp³-hybridized carbons (Fsp3) is 0.263. The SMILES string of the molecule is NC(=O)c1ccc(-c2ccc(C(=O)N3C[C@@H]4C[C@H]3CO4)cc2)n2n[c]nc12. The molecule has 5 rings (SSSR count). The molecule has 0 spiro atoms. The van der Waals surface area contributed by atoms with Crippen LogP contribution in [0.1, 0.15) is 27.1 Å². The van der Waals surface area contributed by atoms with E-state index in [1.807, 2.05) is 17.0 Å². The summed E-state index contributed by atoms with van der Waals surface area (Å²) >= 11 is 0. The maximum absolute atomic E-state index is 12.8. The zero-order valence-electron chi connectivity index (χ0n) is 14.3. The van der Waals surface area contributed by atoms with Gasteiger partial charge in [-0.25, -0.2) is 9.50 Å². The highest BCUT2D eigenvalue weighted by Gasteiger charge is 2.41. The Hall–Kier alpha value is -3.26. The molecule has 1 radical (unpaired) electrons. The molecule has 8 nitrogen and oxygen atoms in total. The number of ether oxygens (including phenoxy) is 1. The van der Waals surface area contributed by atoms with Gasteiger partial charge in [0.15, 0.2) is 5.65 Å². The van der Waals surface area contributed by atoms with E-state index in [2.05, 4.69) is 16.4 Å². The van der Waals surface area contributed by atoms with Gasteiger partial charge in [0.2, 0.25) is 6.33 Å². The van der Waals surface area contributed by atoms with Crippen LogP contribution in [0.4, 0.5) is 0 Å². The molecule has 0 aliphatic carbocycles. The van der Waals surface area contributed by atoms with E-state index in [1.54, 1.807) is 24.3 Å². The fourth-order valence-electron chi connectivity index (χ4n) is 3.87. The van der Waals surface area contributed by atoms with Gasteiger partial charge in [0.1, 0.15) is 0 Å². The standard InChI is InChI=1S/C19H16N5O3/c20-17(25)15-5-6-16(24-18(15)21-10-22-24)11-1-3-12(4-2-11)19(26)23-8-14-7-13(23)9-27-14/h1-6,13-14H,7-9H2,(H2,20,25)/t13-,14-/m0/s1. The van der Waals surface area contributed by atoms with Gasteiger partial charge in [0.05, 0.1) is 30.0 Å². The Labute approximate surface area is 154 Å². The van der Waals surface area contributed by atoms with Crippen LogP contribution in [0.3, 0.4) is 0 Å². The zero-order valence-corrected chi connectivity index (χ0v) is 14.3.